The molecule has 1 unspecified atom stereocenters. The molecular formula is C14H17N3. The lowest BCUT2D eigenvalue weighted by Crippen LogP contribution is -2.18. The molecule has 0 aliphatic heterocycles. The zero-order valence-electron chi connectivity index (χ0n) is 10.2. The predicted octanol–water partition coefficient (Wildman–Crippen LogP) is 2.35. The molecule has 3 nitrogen and oxygen atoms in total. The Labute approximate surface area is 102 Å². The van der Waals surface area contributed by atoms with Crippen molar-refractivity contribution in [3.05, 3.63) is 59.7 Å². The topological polar surface area (TPSA) is 37.8 Å². The average molecular weight is 227 g/mol. The highest BCUT2D eigenvalue weighted by Crippen LogP contribution is 2.21. The van der Waals surface area contributed by atoms with Gasteiger partial charge in [-0.1, -0.05) is 31.2 Å². The third kappa shape index (κ3) is 2.68. The predicted molar refractivity (Wildman–Crippen MR) is 68.8 cm³/mol. The Kier molecular flexibility index (Phi) is 3.83. The summed E-state index contributed by atoms with van der Waals surface area (Å²) >= 11 is 0. The van der Waals surface area contributed by atoms with Crippen LogP contribution in [0.4, 0.5) is 0 Å². The first-order valence-electron chi connectivity index (χ1n) is 5.86. The van der Waals surface area contributed by atoms with Crippen LogP contribution in [-0.2, 0) is 6.42 Å². The molecule has 0 fully saturated rings. The molecule has 0 bridgehead atoms. The van der Waals surface area contributed by atoms with Gasteiger partial charge < -0.3 is 5.32 Å². The zero-order valence-corrected chi connectivity index (χ0v) is 10.2. The lowest BCUT2D eigenvalue weighted by molar-refractivity contribution is 0.683. The zero-order chi connectivity index (χ0) is 12.1. The molecule has 0 radical (unpaired) electrons. The van der Waals surface area contributed by atoms with Gasteiger partial charge in [0.2, 0.25) is 0 Å². The maximum absolute atomic E-state index is 4.07. The first kappa shape index (κ1) is 11.7. The van der Waals surface area contributed by atoms with E-state index < -0.39 is 0 Å². The molecule has 3 heteroatoms. The van der Waals surface area contributed by atoms with E-state index in [1.807, 2.05) is 19.4 Å². The lowest BCUT2D eigenvalue weighted by atomic mass is 9.99. The molecule has 1 aromatic heterocycles. The van der Waals surface area contributed by atoms with Crippen LogP contribution in [0.2, 0.25) is 0 Å². The van der Waals surface area contributed by atoms with E-state index in [2.05, 4.69) is 46.5 Å². The van der Waals surface area contributed by atoms with Gasteiger partial charge in [-0.15, -0.1) is 0 Å². The fraction of sp³-hybridized carbons (Fsp3) is 0.286. The van der Waals surface area contributed by atoms with Crippen molar-refractivity contribution in [2.24, 2.45) is 0 Å². The molecule has 17 heavy (non-hydrogen) atoms. The maximum atomic E-state index is 4.07. The number of benzene rings is 1. The van der Waals surface area contributed by atoms with E-state index in [-0.39, 0.29) is 6.04 Å². The molecule has 0 aliphatic carbocycles. The van der Waals surface area contributed by atoms with Crippen LogP contribution in [-0.4, -0.2) is 17.0 Å². The van der Waals surface area contributed by atoms with Crippen LogP contribution in [0.1, 0.15) is 29.7 Å². The number of nitrogens with one attached hydrogen (secondary N) is 1. The Hall–Kier alpha value is -1.74. The van der Waals surface area contributed by atoms with Crippen LogP contribution in [0.15, 0.2) is 43.0 Å². The van der Waals surface area contributed by atoms with E-state index in [9.17, 15) is 0 Å². The summed E-state index contributed by atoms with van der Waals surface area (Å²) in [5.41, 5.74) is 3.68. The van der Waals surface area contributed by atoms with E-state index in [0.717, 1.165) is 12.0 Å². The van der Waals surface area contributed by atoms with Gasteiger partial charge in [-0.05, 0) is 24.6 Å². The summed E-state index contributed by atoms with van der Waals surface area (Å²) in [5, 5.41) is 3.31. The molecule has 0 amide bonds. The molecule has 2 aromatic rings. The molecule has 1 heterocycles. The minimum atomic E-state index is 0.155. The van der Waals surface area contributed by atoms with Gasteiger partial charge in [-0.3, -0.25) is 0 Å². The van der Waals surface area contributed by atoms with Gasteiger partial charge in [0.25, 0.3) is 0 Å². The minimum absolute atomic E-state index is 0.155. The van der Waals surface area contributed by atoms with Crippen molar-refractivity contribution in [3.63, 3.8) is 0 Å². The fourth-order valence-electron chi connectivity index (χ4n) is 1.98. The van der Waals surface area contributed by atoms with E-state index in [1.54, 1.807) is 6.33 Å². The fourth-order valence-corrected chi connectivity index (χ4v) is 1.98. The molecule has 88 valence electrons. The molecule has 1 atom stereocenters. The average Bonchev–Trinajstić information content (AvgIpc) is 2.41. The van der Waals surface area contributed by atoms with Crippen LogP contribution >= 0.6 is 0 Å². The minimum Gasteiger partial charge on any atom is -0.309 e. The van der Waals surface area contributed by atoms with Crippen LogP contribution in [0.5, 0.6) is 0 Å². The number of rotatable bonds is 4. The normalized spacial score (nSPS) is 12.4. The molecule has 0 saturated carbocycles. The lowest BCUT2D eigenvalue weighted by Gasteiger charge is -2.17. The van der Waals surface area contributed by atoms with Crippen LogP contribution in [0.3, 0.4) is 0 Å². The number of nitrogens with zero attached hydrogens (tertiary/aromatic N) is 2. The smallest absolute Gasteiger partial charge is 0.115 e. The molecule has 0 spiro atoms. The molecular weight excluding hydrogens is 210 g/mol. The van der Waals surface area contributed by atoms with E-state index in [4.69, 9.17) is 0 Å². The van der Waals surface area contributed by atoms with Crippen molar-refractivity contribution in [1.82, 2.24) is 15.3 Å². The van der Waals surface area contributed by atoms with Crippen LogP contribution in [0, 0.1) is 0 Å². The Morgan fingerprint density at radius 1 is 1.18 bits per heavy atom. The number of aromatic nitrogens is 2. The second kappa shape index (κ2) is 5.55. The highest BCUT2D eigenvalue weighted by molar-refractivity contribution is 5.32. The Morgan fingerprint density at radius 2 is 1.94 bits per heavy atom. The summed E-state index contributed by atoms with van der Waals surface area (Å²) in [6.07, 6.45) is 6.31. The van der Waals surface area contributed by atoms with Gasteiger partial charge in [0.15, 0.2) is 0 Å². The Morgan fingerprint density at radius 3 is 2.59 bits per heavy atom. The number of hydrogen-bond donors (Lipinski definition) is 1. The summed E-state index contributed by atoms with van der Waals surface area (Å²) < 4.78 is 0. The van der Waals surface area contributed by atoms with Crippen LogP contribution < -0.4 is 5.32 Å². The van der Waals surface area contributed by atoms with Crippen molar-refractivity contribution >= 4 is 0 Å². The van der Waals surface area contributed by atoms with Gasteiger partial charge in [0.05, 0.1) is 6.04 Å². The van der Waals surface area contributed by atoms with Crippen molar-refractivity contribution in [2.45, 2.75) is 19.4 Å². The number of aryl methyl sites for hydroxylation is 1. The standard InChI is InChI=1S/C14H17N3/c1-3-11-5-4-6-12(7-11)14(15-2)13-8-16-10-17-9-13/h4-10,14-15H,3H2,1-2H3. The summed E-state index contributed by atoms with van der Waals surface area (Å²) in [6.45, 7) is 2.17. The highest BCUT2D eigenvalue weighted by atomic mass is 14.9. The van der Waals surface area contributed by atoms with Gasteiger partial charge in [0.1, 0.15) is 6.33 Å². The van der Waals surface area contributed by atoms with E-state index >= 15 is 0 Å². The highest BCUT2D eigenvalue weighted by Gasteiger charge is 2.12. The summed E-state index contributed by atoms with van der Waals surface area (Å²) in [4.78, 5) is 8.14. The monoisotopic (exact) mass is 227 g/mol. The SMILES string of the molecule is CCc1cccc(C(NC)c2cncnc2)c1. The van der Waals surface area contributed by atoms with Crippen LogP contribution in [0.25, 0.3) is 0 Å². The first-order chi connectivity index (χ1) is 8.35. The van der Waals surface area contributed by atoms with E-state index in [1.165, 1.54) is 11.1 Å². The maximum Gasteiger partial charge on any atom is 0.115 e. The van der Waals surface area contributed by atoms with E-state index in [0.29, 0.717) is 0 Å². The van der Waals surface area contributed by atoms with Gasteiger partial charge in [-0.2, -0.15) is 0 Å². The second-order valence-electron chi connectivity index (χ2n) is 3.99. The Balaban J connectivity index is 2.35. The van der Waals surface area contributed by atoms with Crippen molar-refractivity contribution in [1.29, 1.82) is 0 Å². The summed E-state index contributed by atoms with van der Waals surface area (Å²) in [7, 11) is 1.95. The number of hydrogen-bond acceptors (Lipinski definition) is 3. The Bertz CT molecular complexity index is 468. The summed E-state index contributed by atoms with van der Waals surface area (Å²) in [5.74, 6) is 0. The molecule has 0 saturated heterocycles. The molecule has 0 aliphatic rings. The second-order valence-corrected chi connectivity index (χ2v) is 3.99. The summed E-state index contributed by atoms with van der Waals surface area (Å²) in [6, 6.07) is 8.77. The molecule has 1 N–H and O–H groups in total. The van der Waals surface area contributed by atoms with Crippen molar-refractivity contribution in [2.75, 3.05) is 7.05 Å². The molecule has 1 aromatic carbocycles. The largest absolute Gasteiger partial charge is 0.309 e. The third-order valence-electron chi connectivity index (χ3n) is 2.90. The van der Waals surface area contributed by atoms with Crippen molar-refractivity contribution < 1.29 is 0 Å². The first-order valence-corrected chi connectivity index (χ1v) is 5.86. The van der Waals surface area contributed by atoms with Crippen molar-refractivity contribution in [3.8, 4) is 0 Å². The molecule has 2 rings (SSSR count). The van der Waals surface area contributed by atoms with Gasteiger partial charge in [0, 0.05) is 18.0 Å². The quantitative estimate of drug-likeness (QED) is 0.871. The third-order valence-corrected chi connectivity index (χ3v) is 2.90. The van der Waals surface area contributed by atoms with Gasteiger partial charge in [-0.25, -0.2) is 9.97 Å². The van der Waals surface area contributed by atoms with Gasteiger partial charge >= 0.3 is 0 Å².